The molecule has 4 N–H and O–H groups in total. The molecule has 11 heteroatoms. The van der Waals surface area contributed by atoms with E-state index in [-0.39, 0.29) is 30.4 Å². The van der Waals surface area contributed by atoms with E-state index in [1.807, 2.05) is 7.05 Å². The molecule has 3 aliphatic heterocycles. The average molecular weight is 479 g/mol. The van der Waals surface area contributed by atoms with Gasteiger partial charge in [0.15, 0.2) is 6.10 Å². The molecule has 4 rings (SSSR count). The Bertz CT molecular complexity index is 892. The van der Waals surface area contributed by atoms with Gasteiger partial charge in [-0.25, -0.2) is 4.79 Å². The first-order chi connectivity index (χ1) is 16.2. The molecule has 3 fully saturated rings. The number of ether oxygens (including phenoxy) is 3. The Labute approximate surface area is 195 Å². The summed E-state index contributed by atoms with van der Waals surface area (Å²) in [5, 5.41) is 37.6. The molecule has 3 aliphatic rings. The van der Waals surface area contributed by atoms with Crippen LogP contribution in [0.2, 0.25) is 0 Å². The number of hydrogen-bond acceptors (Lipinski definition) is 11. The van der Waals surface area contributed by atoms with Crippen LogP contribution in [0, 0.1) is 0 Å². The Morgan fingerprint density at radius 1 is 1.09 bits per heavy atom. The Balaban J connectivity index is 1.38. The lowest BCUT2D eigenvalue weighted by molar-refractivity contribution is -0.166. The molecule has 1 aromatic rings. The highest BCUT2D eigenvalue weighted by Gasteiger charge is 2.62. The van der Waals surface area contributed by atoms with Crippen LogP contribution in [0.5, 0.6) is 0 Å². The molecule has 1 aromatic carbocycles. The number of morpholine rings is 1. The number of epoxide rings is 1. The summed E-state index contributed by atoms with van der Waals surface area (Å²) in [5.74, 6) is -4.61. The molecular weight excluding hydrogens is 450 g/mol. The normalized spacial score (nSPS) is 31.0. The fraction of sp³-hybridized carbons (Fsp3) is 0.609. The maximum absolute atomic E-state index is 13.1. The van der Waals surface area contributed by atoms with Gasteiger partial charge in [0, 0.05) is 24.9 Å². The number of aliphatic hydroxyl groups excluding tert-OH is 4. The van der Waals surface area contributed by atoms with Gasteiger partial charge in [0.05, 0.1) is 6.61 Å². The van der Waals surface area contributed by atoms with Gasteiger partial charge in [-0.05, 0) is 12.6 Å². The molecule has 0 amide bonds. The van der Waals surface area contributed by atoms with Crippen LogP contribution in [0.15, 0.2) is 30.3 Å². The molecule has 3 saturated heterocycles. The van der Waals surface area contributed by atoms with Gasteiger partial charge in [-0.2, -0.15) is 0 Å². The standard InChI is InChI=1S/C23H29NO10/c1-24-14-7-12(8-15(24)21-20(14)34-21)33-22(30)13(11-5-3-2-4-6-11)10-32-23(31)19(29)18(28)17(27)16(26)9-25/h2-6,12-18,20-21,25-28H,7-10H2,1H3/t12?,13?,14?,15?,16-,17+,18-,20?,21?/m0/s1. The minimum absolute atomic E-state index is 0.182. The third kappa shape index (κ3) is 4.85. The second-order valence-corrected chi connectivity index (χ2v) is 9.01. The second kappa shape index (κ2) is 10.1. The van der Waals surface area contributed by atoms with Crippen LogP contribution < -0.4 is 0 Å². The predicted octanol–water partition coefficient (Wildman–Crippen LogP) is -1.89. The molecule has 5 unspecified atom stereocenters. The van der Waals surface area contributed by atoms with Crippen molar-refractivity contribution in [2.45, 2.75) is 67.5 Å². The van der Waals surface area contributed by atoms with Crippen LogP contribution in [0.3, 0.4) is 0 Å². The topological polar surface area (TPSA) is 166 Å². The first-order valence-electron chi connectivity index (χ1n) is 11.2. The first-order valence-corrected chi connectivity index (χ1v) is 11.2. The largest absolute Gasteiger partial charge is 0.462 e. The molecule has 8 atom stereocenters. The Morgan fingerprint density at radius 2 is 1.71 bits per heavy atom. The lowest BCUT2D eigenvalue weighted by Gasteiger charge is -2.38. The second-order valence-electron chi connectivity index (χ2n) is 9.01. The van der Waals surface area contributed by atoms with Crippen LogP contribution in [-0.4, -0.2) is 112 Å². The quantitative estimate of drug-likeness (QED) is 0.168. The lowest BCUT2D eigenvalue weighted by atomic mass is 9.97. The molecule has 0 aliphatic carbocycles. The third-order valence-electron chi connectivity index (χ3n) is 6.90. The smallest absolute Gasteiger partial charge is 0.377 e. The molecule has 34 heavy (non-hydrogen) atoms. The van der Waals surface area contributed by atoms with Gasteiger partial charge in [-0.15, -0.1) is 0 Å². The summed E-state index contributed by atoms with van der Waals surface area (Å²) in [6.07, 6.45) is -4.86. The Morgan fingerprint density at radius 3 is 2.29 bits per heavy atom. The highest BCUT2D eigenvalue weighted by atomic mass is 16.6. The highest BCUT2D eigenvalue weighted by Crippen LogP contribution is 2.48. The van der Waals surface area contributed by atoms with Gasteiger partial charge < -0.3 is 34.6 Å². The summed E-state index contributed by atoms with van der Waals surface area (Å²) in [6, 6.07) is 8.88. The molecule has 0 radical (unpaired) electrons. The van der Waals surface area contributed by atoms with Crippen LogP contribution >= 0.6 is 0 Å². The highest BCUT2D eigenvalue weighted by molar-refractivity contribution is 6.35. The number of carbonyl (C=O) groups excluding carboxylic acids is 3. The van der Waals surface area contributed by atoms with E-state index in [2.05, 4.69) is 4.90 Å². The van der Waals surface area contributed by atoms with E-state index in [0.29, 0.717) is 18.4 Å². The zero-order valence-corrected chi connectivity index (χ0v) is 18.6. The number of carbonyl (C=O) groups is 3. The summed E-state index contributed by atoms with van der Waals surface area (Å²) in [6.45, 7) is -1.44. The molecular formula is C23H29NO10. The van der Waals surface area contributed by atoms with Crippen molar-refractivity contribution in [3.63, 3.8) is 0 Å². The fourth-order valence-corrected chi connectivity index (χ4v) is 4.85. The zero-order valence-electron chi connectivity index (χ0n) is 18.6. The van der Waals surface area contributed by atoms with Crippen molar-refractivity contribution in [3.8, 4) is 0 Å². The van der Waals surface area contributed by atoms with E-state index in [1.54, 1.807) is 30.3 Å². The molecule has 2 bridgehead atoms. The maximum Gasteiger partial charge on any atom is 0.377 e. The van der Waals surface area contributed by atoms with E-state index in [0.717, 1.165) is 0 Å². The predicted molar refractivity (Wildman–Crippen MR) is 113 cm³/mol. The summed E-state index contributed by atoms with van der Waals surface area (Å²) in [7, 11) is 2.04. The van der Waals surface area contributed by atoms with Crippen LogP contribution in [0.4, 0.5) is 0 Å². The van der Waals surface area contributed by atoms with Crippen molar-refractivity contribution in [1.82, 2.24) is 4.90 Å². The maximum atomic E-state index is 13.1. The molecule has 0 aromatic heterocycles. The van der Waals surface area contributed by atoms with Crippen molar-refractivity contribution in [1.29, 1.82) is 0 Å². The van der Waals surface area contributed by atoms with Crippen molar-refractivity contribution in [3.05, 3.63) is 35.9 Å². The van der Waals surface area contributed by atoms with E-state index < -0.39 is 55.2 Å². The lowest BCUT2D eigenvalue weighted by Crippen LogP contribution is -2.48. The average Bonchev–Trinajstić information content (AvgIpc) is 3.61. The zero-order chi connectivity index (χ0) is 24.6. The number of hydrogen-bond donors (Lipinski definition) is 4. The summed E-state index contributed by atoms with van der Waals surface area (Å²) >= 11 is 0. The number of fused-ring (bicyclic) bond motifs is 5. The molecule has 11 nitrogen and oxygen atoms in total. The summed E-state index contributed by atoms with van der Waals surface area (Å²) in [5.41, 5.74) is 0.520. The van der Waals surface area contributed by atoms with Crippen LogP contribution in [-0.2, 0) is 28.6 Å². The van der Waals surface area contributed by atoms with Gasteiger partial charge in [-0.3, -0.25) is 14.5 Å². The van der Waals surface area contributed by atoms with Crippen molar-refractivity contribution in [2.75, 3.05) is 20.3 Å². The number of nitrogens with zero attached hydrogens (tertiary/aromatic N) is 1. The van der Waals surface area contributed by atoms with Gasteiger partial charge >= 0.3 is 11.9 Å². The summed E-state index contributed by atoms with van der Waals surface area (Å²) in [4.78, 5) is 39.6. The van der Waals surface area contributed by atoms with E-state index in [1.165, 1.54) is 0 Å². The van der Waals surface area contributed by atoms with Crippen molar-refractivity contribution >= 4 is 17.7 Å². The van der Waals surface area contributed by atoms with Gasteiger partial charge in [0.2, 0.25) is 0 Å². The number of piperidine rings is 1. The van der Waals surface area contributed by atoms with E-state index >= 15 is 0 Å². The van der Waals surface area contributed by atoms with Gasteiger partial charge in [0.25, 0.3) is 5.78 Å². The van der Waals surface area contributed by atoms with Gasteiger partial charge in [0.1, 0.15) is 43.0 Å². The minimum Gasteiger partial charge on any atom is -0.462 e. The SMILES string of the molecule is CN1C2CC(OC(=O)C(COC(=O)C(=O)[C@@H](O)[C@H](O)[C@@H](O)CO)c3ccccc3)CC1C1OC12. The number of esters is 2. The molecule has 186 valence electrons. The minimum atomic E-state index is -2.29. The molecule has 0 saturated carbocycles. The number of benzene rings is 1. The number of ketones is 1. The van der Waals surface area contributed by atoms with E-state index in [9.17, 15) is 29.7 Å². The third-order valence-corrected chi connectivity index (χ3v) is 6.90. The van der Waals surface area contributed by atoms with Crippen LogP contribution in [0.25, 0.3) is 0 Å². The monoisotopic (exact) mass is 479 g/mol. The molecule has 3 heterocycles. The van der Waals surface area contributed by atoms with Crippen molar-refractivity contribution in [2.24, 2.45) is 0 Å². The first kappa shape index (κ1) is 24.7. The Kier molecular flexibility index (Phi) is 7.31. The van der Waals surface area contributed by atoms with Crippen molar-refractivity contribution < 1.29 is 49.0 Å². The van der Waals surface area contributed by atoms with Crippen LogP contribution in [0.1, 0.15) is 24.3 Å². The summed E-state index contributed by atoms with van der Waals surface area (Å²) < 4.78 is 16.4. The molecule has 0 spiro atoms. The van der Waals surface area contributed by atoms with Gasteiger partial charge in [-0.1, -0.05) is 30.3 Å². The Hall–Kier alpha value is -2.41. The number of Topliss-reactive ketones (excluding diaryl/α,β-unsaturated/α-hetero) is 1. The number of rotatable bonds is 10. The van der Waals surface area contributed by atoms with E-state index in [4.69, 9.17) is 19.3 Å². The fourth-order valence-electron chi connectivity index (χ4n) is 4.85. The number of likely N-dealkylation sites (N-methyl/N-ethyl adjacent to an activating group) is 1. The number of aliphatic hydroxyl groups is 4.